The number of fused-ring (bicyclic) bond motifs is 4. The predicted molar refractivity (Wildman–Crippen MR) is 80.1 cm³/mol. The molecular formula is C15H20N6. The van der Waals surface area contributed by atoms with Gasteiger partial charge in [-0.2, -0.15) is 0 Å². The van der Waals surface area contributed by atoms with E-state index in [0.717, 1.165) is 49.7 Å². The number of rotatable bonds is 1. The fourth-order valence-electron chi connectivity index (χ4n) is 4.00. The van der Waals surface area contributed by atoms with Crippen LogP contribution in [0, 0.1) is 16.2 Å². The Labute approximate surface area is 122 Å². The molecule has 5 N–H and O–H groups in total. The van der Waals surface area contributed by atoms with Crippen molar-refractivity contribution in [3.05, 3.63) is 23.9 Å². The Balaban J connectivity index is 1.82. The number of aromatic amines is 1. The van der Waals surface area contributed by atoms with Crippen LogP contribution in [0.2, 0.25) is 0 Å². The molecule has 21 heavy (non-hydrogen) atoms. The molecule has 0 amide bonds. The highest BCUT2D eigenvalue weighted by molar-refractivity contribution is 5.94. The average Bonchev–Trinajstić information content (AvgIpc) is 2.96. The van der Waals surface area contributed by atoms with Crippen molar-refractivity contribution in [1.82, 2.24) is 14.5 Å². The van der Waals surface area contributed by atoms with Crippen molar-refractivity contribution in [3.8, 4) is 0 Å². The Bertz CT molecular complexity index is 758. The van der Waals surface area contributed by atoms with Crippen LogP contribution in [0.1, 0.15) is 38.5 Å². The maximum Gasteiger partial charge on any atom is 0.154 e. The molecule has 6 heteroatoms. The summed E-state index contributed by atoms with van der Waals surface area (Å²) in [6.07, 6.45) is 9.18. The Hall–Kier alpha value is -1.95. The third-order valence-corrected chi connectivity index (χ3v) is 5.53. The van der Waals surface area contributed by atoms with Crippen LogP contribution < -0.4 is 11.2 Å². The Morgan fingerprint density at radius 1 is 1.24 bits per heavy atom. The van der Waals surface area contributed by atoms with Gasteiger partial charge in [-0.15, -0.1) is 0 Å². The van der Waals surface area contributed by atoms with Crippen molar-refractivity contribution < 1.29 is 0 Å². The summed E-state index contributed by atoms with van der Waals surface area (Å²) in [5.41, 5.74) is 8.07. The van der Waals surface area contributed by atoms with Gasteiger partial charge in [0.2, 0.25) is 0 Å². The van der Waals surface area contributed by atoms with E-state index < -0.39 is 0 Å². The molecule has 0 radical (unpaired) electrons. The van der Waals surface area contributed by atoms with Crippen molar-refractivity contribution in [3.63, 3.8) is 0 Å². The minimum Gasteiger partial charge on any atom is -0.345 e. The molecular weight excluding hydrogens is 264 g/mol. The van der Waals surface area contributed by atoms with Crippen LogP contribution >= 0.6 is 0 Å². The summed E-state index contributed by atoms with van der Waals surface area (Å²) in [5, 5.41) is 17.0. The third kappa shape index (κ3) is 1.72. The standard InChI is InChI=1S/C15H20N6/c16-11-9-20-12-10(1-8-19-12)21(11)13(17)14-2-5-15(18,6-3-14)7-4-14/h1,8-9,16-17,19H,2-7,18H2. The summed E-state index contributed by atoms with van der Waals surface area (Å²) in [7, 11) is 0. The largest absolute Gasteiger partial charge is 0.345 e. The molecule has 0 saturated heterocycles. The number of hydrogen-bond acceptors (Lipinski definition) is 4. The molecule has 2 heterocycles. The second kappa shape index (κ2) is 4.04. The molecule has 0 spiro atoms. The Morgan fingerprint density at radius 2 is 1.90 bits per heavy atom. The molecule has 2 aromatic heterocycles. The van der Waals surface area contributed by atoms with Crippen molar-refractivity contribution in [2.75, 3.05) is 0 Å². The van der Waals surface area contributed by atoms with E-state index in [1.54, 1.807) is 4.57 Å². The van der Waals surface area contributed by atoms with Gasteiger partial charge in [0.1, 0.15) is 11.3 Å². The van der Waals surface area contributed by atoms with Crippen LogP contribution in [0.3, 0.4) is 0 Å². The molecule has 0 unspecified atom stereocenters. The van der Waals surface area contributed by atoms with Gasteiger partial charge >= 0.3 is 0 Å². The molecule has 3 saturated carbocycles. The second-order valence-corrected chi connectivity index (χ2v) is 6.68. The van der Waals surface area contributed by atoms with Crippen molar-refractivity contribution in [1.29, 1.82) is 10.8 Å². The maximum atomic E-state index is 8.78. The van der Waals surface area contributed by atoms with Crippen LogP contribution in [0.5, 0.6) is 0 Å². The fraction of sp³-hybridized carbons (Fsp3) is 0.533. The highest BCUT2D eigenvalue weighted by Crippen LogP contribution is 2.52. The van der Waals surface area contributed by atoms with Crippen LogP contribution in [0.4, 0.5) is 0 Å². The summed E-state index contributed by atoms with van der Waals surface area (Å²) in [4.78, 5) is 7.28. The summed E-state index contributed by atoms with van der Waals surface area (Å²) in [6, 6.07) is 1.89. The van der Waals surface area contributed by atoms with Gasteiger partial charge in [-0.1, -0.05) is 0 Å². The monoisotopic (exact) mass is 284 g/mol. The highest BCUT2D eigenvalue weighted by Gasteiger charge is 2.49. The van der Waals surface area contributed by atoms with Crippen molar-refractivity contribution >= 4 is 17.0 Å². The topological polar surface area (TPSA) is 107 Å². The summed E-state index contributed by atoms with van der Waals surface area (Å²) in [6.45, 7) is 0. The van der Waals surface area contributed by atoms with Gasteiger partial charge < -0.3 is 10.7 Å². The SMILES string of the molecule is N=C(n1c(=N)cnc2[nH]ccc21)C12CCC(N)(CC1)CC2. The van der Waals surface area contributed by atoms with Gasteiger partial charge in [0.05, 0.1) is 11.7 Å². The maximum absolute atomic E-state index is 8.78. The Morgan fingerprint density at radius 3 is 2.57 bits per heavy atom. The first-order valence-electron chi connectivity index (χ1n) is 7.51. The Kier molecular flexibility index (Phi) is 2.45. The lowest BCUT2D eigenvalue weighted by Crippen LogP contribution is -2.56. The molecule has 0 atom stereocenters. The quantitative estimate of drug-likeness (QED) is 0.472. The van der Waals surface area contributed by atoms with Crippen LogP contribution in [-0.4, -0.2) is 25.9 Å². The van der Waals surface area contributed by atoms with Crippen LogP contribution in [-0.2, 0) is 0 Å². The molecule has 0 aromatic carbocycles. The molecule has 2 aromatic rings. The van der Waals surface area contributed by atoms with Crippen LogP contribution in [0.15, 0.2) is 18.5 Å². The van der Waals surface area contributed by atoms with E-state index in [1.165, 1.54) is 6.20 Å². The van der Waals surface area contributed by atoms with Gasteiger partial charge in [-0.05, 0) is 44.6 Å². The van der Waals surface area contributed by atoms with E-state index in [2.05, 4.69) is 9.97 Å². The van der Waals surface area contributed by atoms with E-state index in [4.69, 9.17) is 16.6 Å². The normalized spacial score (nSPS) is 31.7. The number of hydrogen-bond donors (Lipinski definition) is 4. The van der Waals surface area contributed by atoms with Gasteiger partial charge in [-0.3, -0.25) is 15.4 Å². The van der Waals surface area contributed by atoms with Crippen LogP contribution in [0.25, 0.3) is 11.2 Å². The number of nitrogens with two attached hydrogens (primary N) is 1. The lowest BCUT2D eigenvalue weighted by Gasteiger charge is -2.52. The smallest absolute Gasteiger partial charge is 0.154 e. The third-order valence-electron chi connectivity index (χ3n) is 5.53. The van der Waals surface area contributed by atoms with Gasteiger partial charge in [0, 0.05) is 17.2 Å². The number of H-pyrrole nitrogens is 1. The zero-order valence-corrected chi connectivity index (χ0v) is 11.9. The van der Waals surface area contributed by atoms with E-state index in [9.17, 15) is 0 Å². The van der Waals surface area contributed by atoms with Gasteiger partial charge in [-0.25, -0.2) is 4.98 Å². The first-order chi connectivity index (χ1) is 10.0. The average molecular weight is 284 g/mol. The zero-order chi connectivity index (χ0) is 14.7. The molecule has 0 aliphatic heterocycles. The van der Waals surface area contributed by atoms with E-state index in [0.29, 0.717) is 5.84 Å². The number of nitrogens with one attached hydrogen (secondary N) is 3. The summed E-state index contributed by atoms with van der Waals surface area (Å²) in [5.74, 6) is 0.543. The highest BCUT2D eigenvalue weighted by atomic mass is 15.1. The lowest BCUT2D eigenvalue weighted by molar-refractivity contribution is 0.0963. The first-order valence-corrected chi connectivity index (χ1v) is 7.51. The summed E-state index contributed by atoms with van der Waals surface area (Å²) < 4.78 is 1.74. The summed E-state index contributed by atoms with van der Waals surface area (Å²) >= 11 is 0. The fourth-order valence-corrected chi connectivity index (χ4v) is 4.00. The van der Waals surface area contributed by atoms with Gasteiger partial charge in [0.25, 0.3) is 0 Å². The minimum atomic E-state index is -0.118. The molecule has 5 rings (SSSR count). The van der Waals surface area contributed by atoms with Crippen molar-refractivity contribution in [2.45, 2.75) is 44.1 Å². The predicted octanol–water partition coefficient (Wildman–Crippen LogP) is 1.72. The molecule has 3 aliphatic rings. The van der Waals surface area contributed by atoms with E-state index in [1.807, 2.05) is 12.3 Å². The van der Waals surface area contributed by atoms with E-state index >= 15 is 0 Å². The lowest BCUT2D eigenvalue weighted by atomic mass is 9.57. The molecule has 2 bridgehead atoms. The number of nitrogens with zero attached hydrogens (tertiary/aromatic N) is 2. The number of aromatic nitrogens is 3. The molecule has 3 aliphatic carbocycles. The first kappa shape index (κ1) is 12.8. The minimum absolute atomic E-state index is 0.00184. The van der Waals surface area contributed by atoms with E-state index in [-0.39, 0.29) is 16.4 Å². The molecule has 6 nitrogen and oxygen atoms in total. The zero-order valence-electron chi connectivity index (χ0n) is 11.9. The van der Waals surface area contributed by atoms with Crippen molar-refractivity contribution in [2.24, 2.45) is 11.1 Å². The molecule has 110 valence electrons. The van der Waals surface area contributed by atoms with Gasteiger partial charge in [0.15, 0.2) is 5.65 Å². The second-order valence-electron chi connectivity index (χ2n) is 6.68. The molecule has 3 fully saturated rings.